The van der Waals surface area contributed by atoms with Crippen LogP contribution in [-0.2, 0) is 8.85 Å². The van der Waals surface area contributed by atoms with Crippen LogP contribution in [-0.4, -0.2) is 40.6 Å². The fourth-order valence-electron chi connectivity index (χ4n) is 5.88. The number of hydrogen-bond acceptors (Lipinski definition) is 3. The molecule has 198 valence electrons. The fourth-order valence-corrected chi connectivity index (χ4v) is 13.4. The molecule has 5 heteroatoms. The SMILES string of the molecule is C=CC(O)C[C@@H](O[Si](CC)(CC)CC)[C@@H]1C[C@H]1CO[Si](c1ccccc1)(c1ccccc1)C(C)(C)C. The maximum absolute atomic E-state index is 10.5. The molecule has 0 bridgehead atoms. The fraction of sp³-hybridized carbons (Fsp3) is 0.548. The Morgan fingerprint density at radius 2 is 1.44 bits per heavy atom. The molecule has 3 nitrogen and oxygen atoms in total. The number of aliphatic hydroxyl groups is 1. The molecule has 1 aliphatic carbocycles. The lowest BCUT2D eigenvalue weighted by Crippen LogP contribution is -2.66. The van der Waals surface area contributed by atoms with Crippen molar-refractivity contribution in [3.8, 4) is 0 Å². The van der Waals surface area contributed by atoms with E-state index in [1.165, 1.54) is 10.4 Å². The van der Waals surface area contributed by atoms with Gasteiger partial charge < -0.3 is 14.0 Å². The van der Waals surface area contributed by atoms with Crippen molar-refractivity contribution in [3.63, 3.8) is 0 Å². The molecule has 0 aliphatic heterocycles. The zero-order chi connectivity index (χ0) is 26.4. The van der Waals surface area contributed by atoms with Gasteiger partial charge in [0.1, 0.15) is 0 Å². The Bertz CT molecular complexity index is 890. The first-order chi connectivity index (χ1) is 17.2. The summed E-state index contributed by atoms with van der Waals surface area (Å²) in [5.41, 5.74) is 0. The molecule has 2 aromatic carbocycles. The van der Waals surface area contributed by atoms with Crippen molar-refractivity contribution in [1.82, 2.24) is 0 Å². The molecular weight excluding hydrogens is 477 g/mol. The van der Waals surface area contributed by atoms with Gasteiger partial charge in [0.05, 0.1) is 12.2 Å². The smallest absolute Gasteiger partial charge is 0.261 e. The number of benzene rings is 2. The minimum Gasteiger partial charge on any atom is -0.414 e. The Labute approximate surface area is 222 Å². The summed E-state index contributed by atoms with van der Waals surface area (Å²) < 4.78 is 14.2. The van der Waals surface area contributed by atoms with Crippen molar-refractivity contribution in [2.24, 2.45) is 11.8 Å². The van der Waals surface area contributed by atoms with Crippen LogP contribution in [0.2, 0.25) is 23.2 Å². The van der Waals surface area contributed by atoms with Crippen LogP contribution in [0.25, 0.3) is 0 Å². The lowest BCUT2D eigenvalue weighted by atomic mass is 10.1. The highest BCUT2D eigenvalue weighted by Gasteiger charge is 2.53. The topological polar surface area (TPSA) is 38.7 Å². The number of aliphatic hydroxyl groups excluding tert-OH is 1. The first kappa shape index (κ1) is 29.1. The molecule has 1 aliphatic rings. The summed E-state index contributed by atoms with van der Waals surface area (Å²) in [6.07, 6.45) is 2.95. The molecule has 1 unspecified atom stereocenters. The van der Waals surface area contributed by atoms with Gasteiger partial charge in [0.2, 0.25) is 0 Å². The lowest BCUT2D eigenvalue weighted by Gasteiger charge is -2.43. The van der Waals surface area contributed by atoms with Crippen molar-refractivity contribution in [1.29, 1.82) is 0 Å². The van der Waals surface area contributed by atoms with E-state index < -0.39 is 22.7 Å². The van der Waals surface area contributed by atoms with Gasteiger partial charge in [-0.2, -0.15) is 0 Å². The molecule has 36 heavy (non-hydrogen) atoms. The van der Waals surface area contributed by atoms with Gasteiger partial charge >= 0.3 is 0 Å². The van der Waals surface area contributed by atoms with E-state index in [1.807, 2.05) is 0 Å². The summed E-state index contributed by atoms with van der Waals surface area (Å²) in [6, 6.07) is 25.1. The third-order valence-corrected chi connectivity index (χ3v) is 18.1. The summed E-state index contributed by atoms with van der Waals surface area (Å²) >= 11 is 0. The highest BCUT2D eigenvalue weighted by atomic mass is 28.4. The molecule has 0 saturated heterocycles. The molecule has 1 fully saturated rings. The Morgan fingerprint density at radius 3 is 1.86 bits per heavy atom. The second-order valence-corrected chi connectivity index (χ2v) is 20.6. The summed E-state index contributed by atoms with van der Waals surface area (Å²) in [4.78, 5) is 0. The molecule has 4 atom stereocenters. The van der Waals surface area contributed by atoms with E-state index in [2.05, 4.69) is 109 Å². The Kier molecular flexibility index (Phi) is 9.97. The quantitative estimate of drug-likeness (QED) is 0.226. The summed E-state index contributed by atoms with van der Waals surface area (Å²) in [7, 11) is -4.33. The number of rotatable bonds is 14. The highest BCUT2D eigenvalue weighted by molar-refractivity contribution is 6.99. The van der Waals surface area contributed by atoms with Crippen molar-refractivity contribution in [2.75, 3.05) is 6.61 Å². The molecule has 0 heterocycles. The lowest BCUT2D eigenvalue weighted by molar-refractivity contribution is 0.0908. The molecule has 0 amide bonds. The van der Waals surface area contributed by atoms with Crippen molar-refractivity contribution < 1.29 is 14.0 Å². The van der Waals surface area contributed by atoms with E-state index in [0.717, 1.165) is 31.2 Å². The third-order valence-electron chi connectivity index (χ3n) is 8.47. The summed E-state index contributed by atoms with van der Waals surface area (Å²) in [6.45, 7) is 18.4. The highest BCUT2D eigenvalue weighted by Crippen LogP contribution is 2.47. The second-order valence-electron chi connectivity index (χ2n) is 11.6. The molecule has 1 saturated carbocycles. The summed E-state index contributed by atoms with van der Waals surface area (Å²) in [5.74, 6) is 0.903. The molecule has 1 N–H and O–H groups in total. The zero-order valence-corrected chi connectivity index (χ0v) is 25.4. The zero-order valence-electron chi connectivity index (χ0n) is 23.4. The maximum atomic E-state index is 10.5. The largest absolute Gasteiger partial charge is 0.414 e. The molecular formula is C31H48O3Si2. The van der Waals surface area contributed by atoms with Gasteiger partial charge in [-0.05, 0) is 51.8 Å². The molecule has 3 rings (SSSR count). The van der Waals surface area contributed by atoms with E-state index in [0.29, 0.717) is 18.3 Å². The van der Waals surface area contributed by atoms with Gasteiger partial charge in [0, 0.05) is 13.0 Å². The van der Waals surface area contributed by atoms with E-state index in [1.54, 1.807) is 6.08 Å². The van der Waals surface area contributed by atoms with Crippen molar-refractivity contribution >= 4 is 27.0 Å². The van der Waals surface area contributed by atoms with E-state index in [-0.39, 0.29) is 11.1 Å². The van der Waals surface area contributed by atoms with Crippen LogP contribution < -0.4 is 10.4 Å². The molecule has 0 spiro atoms. The van der Waals surface area contributed by atoms with E-state index in [9.17, 15) is 5.11 Å². The monoisotopic (exact) mass is 524 g/mol. The van der Waals surface area contributed by atoms with E-state index in [4.69, 9.17) is 8.85 Å². The predicted octanol–water partition coefficient (Wildman–Crippen LogP) is 6.53. The van der Waals surface area contributed by atoms with Crippen molar-refractivity contribution in [3.05, 3.63) is 73.3 Å². The van der Waals surface area contributed by atoms with Crippen LogP contribution in [0.15, 0.2) is 73.3 Å². The maximum Gasteiger partial charge on any atom is 0.261 e. The van der Waals surface area contributed by atoms with Crippen LogP contribution >= 0.6 is 0 Å². The average Bonchev–Trinajstić information content (AvgIpc) is 3.67. The van der Waals surface area contributed by atoms with Crippen molar-refractivity contribution in [2.45, 2.75) is 89.8 Å². The van der Waals surface area contributed by atoms with Gasteiger partial charge in [-0.3, -0.25) is 0 Å². The Morgan fingerprint density at radius 1 is 0.944 bits per heavy atom. The first-order valence-corrected chi connectivity index (χ1v) is 18.3. The summed E-state index contributed by atoms with van der Waals surface area (Å²) in [5, 5.41) is 13.1. The van der Waals surface area contributed by atoms with Gasteiger partial charge in [0.25, 0.3) is 8.32 Å². The normalized spacial score (nSPS) is 20.1. The first-order valence-electron chi connectivity index (χ1n) is 13.9. The van der Waals surface area contributed by atoms with Crippen LogP contribution in [0.5, 0.6) is 0 Å². The van der Waals surface area contributed by atoms with Crippen LogP contribution in [0, 0.1) is 11.8 Å². The molecule has 0 aromatic heterocycles. The standard InChI is InChI=1S/C31H48O3Si2/c1-8-26(32)23-30(34-35(9-2,10-3)11-4)29-22-25(29)24-33-36(31(5,6)7,27-18-14-12-15-19-27)28-20-16-13-17-21-28/h8,12-21,25-26,29-30,32H,1,9-11,22-24H2,2-7H3/t25-,26?,29+,30+/m0/s1. The van der Waals surface area contributed by atoms with Gasteiger partial charge in [-0.1, -0.05) is 108 Å². The van der Waals surface area contributed by atoms with Gasteiger partial charge in [-0.25, -0.2) is 0 Å². The molecule has 2 aromatic rings. The van der Waals surface area contributed by atoms with Crippen LogP contribution in [0.4, 0.5) is 0 Å². The second kappa shape index (κ2) is 12.4. The Balaban J connectivity index is 1.87. The van der Waals surface area contributed by atoms with Crippen LogP contribution in [0.3, 0.4) is 0 Å². The third kappa shape index (κ3) is 6.31. The van der Waals surface area contributed by atoms with Gasteiger partial charge in [0.15, 0.2) is 8.32 Å². The van der Waals surface area contributed by atoms with Crippen LogP contribution in [0.1, 0.15) is 54.4 Å². The minimum atomic E-state index is -2.54. The average molecular weight is 525 g/mol. The van der Waals surface area contributed by atoms with Gasteiger partial charge in [-0.15, -0.1) is 6.58 Å². The van der Waals surface area contributed by atoms with E-state index >= 15 is 0 Å². The Hall–Kier alpha value is -1.51. The number of hydrogen-bond donors (Lipinski definition) is 1. The molecule has 0 radical (unpaired) electrons. The predicted molar refractivity (Wildman–Crippen MR) is 158 cm³/mol. The minimum absolute atomic E-state index is 0.0241.